The van der Waals surface area contributed by atoms with Gasteiger partial charge in [-0.2, -0.15) is 0 Å². The molecule has 124 valence electrons. The predicted molar refractivity (Wildman–Crippen MR) is 100 cm³/mol. The number of hydrogen-bond acceptors (Lipinski definition) is 5. The van der Waals surface area contributed by atoms with Crippen LogP contribution >= 0.6 is 28.3 Å². The summed E-state index contributed by atoms with van der Waals surface area (Å²) in [5.41, 5.74) is 3.29. The molecule has 0 saturated carbocycles. The van der Waals surface area contributed by atoms with Gasteiger partial charge in [0.05, 0.1) is 12.8 Å². The van der Waals surface area contributed by atoms with Crippen molar-refractivity contribution >= 4 is 56.7 Å². The molecule has 3 aromatic rings. The number of halogens is 2. The molecule has 2 heterocycles. The number of esters is 1. The SMILES string of the molecule is COC(=O)c1cnc2nc(C)ccc2c1Nc1cccc(Br)c1.Cl. The van der Waals surface area contributed by atoms with Gasteiger partial charge in [-0.1, -0.05) is 22.0 Å². The Kier molecular flexibility index (Phi) is 5.75. The summed E-state index contributed by atoms with van der Waals surface area (Å²) in [4.78, 5) is 20.7. The molecule has 1 N–H and O–H groups in total. The molecule has 0 fully saturated rings. The van der Waals surface area contributed by atoms with Crippen LogP contribution in [0.15, 0.2) is 47.1 Å². The molecule has 1 aromatic carbocycles. The molecule has 3 rings (SSSR count). The van der Waals surface area contributed by atoms with Crippen molar-refractivity contribution in [1.82, 2.24) is 9.97 Å². The number of pyridine rings is 2. The first-order valence-electron chi connectivity index (χ1n) is 6.96. The molecule has 2 aromatic heterocycles. The second-order valence-corrected chi connectivity index (χ2v) is 5.91. The van der Waals surface area contributed by atoms with Crippen molar-refractivity contribution in [3.63, 3.8) is 0 Å². The van der Waals surface area contributed by atoms with Gasteiger partial charge in [0.15, 0.2) is 5.65 Å². The number of ether oxygens (including phenoxy) is 1. The monoisotopic (exact) mass is 407 g/mol. The first-order valence-corrected chi connectivity index (χ1v) is 7.75. The van der Waals surface area contributed by atoms with Crippen molar-refractivity contribution < 1.29 is 9.53 Å². The van der Waals surface area contributed by atoms with Crippen LogP contribution in [0, 0.1) is 6.92 Å². The molecule has 0 unspecified atom stereocenters. The number of carbonyl (C=O) groups excluding carboxylic acids is 1. The molecule has 0 radical (unpaired) electrons. The van der Waals surface area contributed by atoms with Crippen molar-refractivity contribution in [3.05, 3.63) is 58.3 Å². The van der Waals surface area contributed by atoms with E-state index in [4.69, 9.17) is 4.74 Å². The standard InChI is InChI=1S/C17H14BrN3O2.ClH/c1-10-6-7-13-15(21-12-5-3-4-11(18)8-12)14(17(22)23-2)9-19-16(13)20-10;/h3-9H,1-2H3,(H,19,20,21);1H. The Hall–Kier alpha value is -2.18. The molecule has 0 spiro atoms. The fourth-order valence-electron chi connectivity index (χ4n) is 2.28. The van der Waals surface area contributed by atoms with Gasteiger partial charge in [0.1, 0.15) is 5.56 Å². The van der Waals surface area contributed by atoms with Crippen LogP contribution in [0.2, 0.25) is 0 Å². The van der Waals surface area contributed by atoms with Crippen molar-refractivity contribution in [3.8, 4) is 0 Å². The highest BCUT2D eigenvalue weighted by Crippen LogP contribution is 2.30. The second-order valence-electron chi connectivity index (χ2n) is 5.00. The highest BCUT2D eigenvalue weighted by atomic mass is 79.9. The third-order valence-electron chi connectivity index (χ3n) is 3.37. The lowest BCUT2D eigenvalue weighted by Gasteiger charge is -2.13. The van der Waals surface area contributed by atoms with Crippen molar-refractivity contribution in [2.24, 2.45) is 0 Å². The van der Waals surface area contributed by atoms with E-state index in [1.54, 1.807) is 0 Å². The Morgan fingerprint density at radius 2 is 2.04 bits per heavy atom. The lowest BCUT2D eigenvalue weighted by molar-refractivity contribution is 0.0601. The third-order valence-corrected chi connectivity index (χ3v) is 3.86. The minimum Gasteiger partial charge on any atom is -0.465 e. The fraction of sp³-hybridized carbons (Fsp3) is 0.118. The van der Waals surface area contributed by atoms with Gasteiger partial charge < -0.3 is 10.1 Å². The molecule has 0 bridgehead atoms. The van der Waals surface area contributed by atoms with E-state index in [1.807, 2.05) is 43.3 Å². The topological polar surface area (TPSA) is 64.1 Å². The molecule has 0 amide bonds. The highest BCUT2D eigenvalue weighted by molar-refractivity contribution is 9.10. The van der Waals surface area contributed by atoms with Crippen LogP contribution in [0.3, 0.4) is 0 Å². The quantitative estimate of drug-likeness (QED) is 0.639. The summed E-state index contributed by atoms with van der Waals surface area (Å²) in [5.74, 6) is -0.447. The molecule has 0 aliphatic heterocycles. The maximum Gasteiger partial charge on any atom is 0.341 e. The fourth-order valence-corrected chi connectivity index (χ4v) is 2.68. The predicted octanol–water partition coefficient (Wildman–Crippen LogP) is 4.65. The number of benzene rings is 1. The summed E-state index contributed by atoms with van der Waals surface area (Å²) in [7, 11) is 1.35. The van der Waals surface area contributed by atoms with Crippen molar-refractivity contribution in [2.75, 3.05) is 12.4 Å². The largest absolute Gasteiger partial charge is 0.465 e. The third kappa shape index (κ3) is 3.66. The Labute approximate surface area is 154 Å². The number of aryl methyl sites for hydroxylation is 1. The summed E-state index contributed by atoms with van der Waals surface area (Å²) in [6.07, 6.45) is 1.49. The number of nitrogens with one attached hydrogen (secondary N) is 1. The van der Waals surface area contributed by atoms with Gasteiger partial charge in [-0.15, -0.1) is 12.4 Å². The van der Waals surface area contributed by atoms with E-state index in [1.165, 1.54) is 13.3 Å². The van der Waals surface area contributed by atoms with Gasteiger partial charge in [0.2, 0.25) is 0 Å². The maximum atomic E-state index is 12.1. The minimum atomic E-state index is -0.447. The van der Waals surface area contributed by atoms with Crippen LogP contribution in [0.1, 0.15) is 16.1 Å². The van der Waals surface area contributed by atoms with E-state index in [0.29, 0.717) is 16.9 Å². The molecule has 7 heteroatoms. The summed E-state index contributed by atoms with van der Waals surface area (Å²) < 4.78 is 5.80. The van der Waals surface area contributed by atoms with Crippen molar-refractivity contribution in [1.29, 1.82) is 0 Å². The van der Waals surface area contributed by atoms with E-state index in [2.05, 4.69) is 31.2 Å². The smallest absolute Gasteiger partial charge is 0.341 e. The number of nitrogens with zero attached hydrogens (tertiary/aromatic N) is 2. The Morgan fingerprint density at radius 1 is 1.25 bits per heavy atom. The lowest BCUT2D eigenvalue weighted by atomic mass is 10.1. The average molecular weight is 409 g/mol. The maximum absolute atomic E-state index is 12.1. The van der Waals surface area contributed by atoms with Crippen LogP contribution in [0.4, 0.5) is 11.4 Å². The van der Waals surface area contributed by atoms with Crippen LogP contribution in [-0.4, -0.2) is 23.0 Å². The number of anilines is 2. The number of methoxy groups -OCH3 is 1. The van der Waals surface area contributed by atoms with Crippen LogP contribution in [0.25, 0.3) is 11.0 Å². The Morgan fingerprint density at radius 3 is 2.75 bits per heavy atom. The Bertz CT molecular complexity index is 902. The van der Waals surface area contributed by atoms with Gasteiger partial charge in [0.25, 0.3) is 0 Å². The number of rotatable bonds is 3. The molecular formula is C17H15BrClN3O2. The molecule has 0 atom stereocenters. The molecule has 24 heavy (non-hydrogen) atoms. The van der Waals surface area contributed by atoms with Gasteiger partial charge in [-0.25, -0.2) is 14.8 Å². The van der Waals surface area contributed by atoms with Gasteiger partial charge in [0, 0.05) is 27.4 Å². The minimum absolute atomic E-state index is 0. The lowest BCUT2D eigenvalue weighted by Crippen LogP contribution is -2.08. The van der Waals surface area contributed by atoms with Crippen LogP contribution < -0.4 is 5.32 Å². The average Bonchev–Trinajstić information content (AvgIpc) is 2.54. The summed E-state index contributed by atoms with van der Waals surface area (Å²) >= 11 is 3.44. The zero-order chi connectivity index (χ0) is 16.4. The van der Waals surface area contributed by atoms with Crippen molar-refractivity contribution in [2.45, 2.75) is 6.92 Å². The van der Waals surface area contributed by atoms with E-state index in [9.17, 15) is 4.79 Å². The number of aromatic nitrogens is 2. The van der Waals surface area contributed by atoms with Gasteiger partial charge in [-0.05, 0) is 37.3 Å². The van der Waals surface area contributed by atoms with Crippen LogP contribution in [0.5, 0.6) is 0 Å². The Balaban J connectivity index is 0.00000208. The van der Waals surface area contributed by atoms with Gasteiger partial charge in [-0.3, -0.25) is 0 Å². The van der Waals surface area contributed by atoms with E-state index in [-0.39, 0.29) is 12.4 Å². The first kappa shape index (κ1) is 18.2. The number of hydrogen-bond donors (Lipinski definition) is 1. The second kappa shape index (κ2) is 7.59. The normalized spacial score (nSPS) is 10.1. The highest BCUT2D eigenvalue weighted by Gasteiger charge is 2.17. The van der Waals surface area contributed by atoms with E-state index < -0.39 is 5.97 Å². The van der Waals surface area contributed by atoms with Gasteiger partial charge >= 0.3 is 5.97 Å². The zero-order valence-electron chi connectivity index (χ0n) is 13.0. The van der Waals surface area contributed by atoms with Crippen LogP contribution in [-0.2, 0) is 4.74 Å². The van der Waals surface area contributed by atoms with E-state index >= 15 is 0 Å². The molecule has 5 nitrogen and oxygen atoms in total. The molecule has 0 aliphatic rings. The zero-order valence-corrected chi connectivity index (χ0v) is 15.4. The molecule has 0 saturated heterocycles. The summed E-state index contributed by atoms with van der Waals surface area (Å²) in [6.45, 7) is 1.90. The summed E-state index contributed by atoms with van der Waals surface area (Å²) in [5, 5.41) is 4.04. The number of carbonyl (C=O) groups is 1. The number of fused-ring (bicyclic) bond motifs is 1. The molecule has 0 aliphatic carbocycles. The first-order chi connectivity index (χ1) is 11.1. The van der Waals surface area contributed by atoms with E-state index in [0.717, 1.165) is 21.2 Å². The molecular weight excluding hydrogens is 394 g/mol. The summed E-state index contributed by atoms with van der Waals surface area (Å²) in [6, 6.07) is 11.5.